The maximum atomic E-state index is 4.45. The van der Waals surface area contributed by atoms with Gasteiger partial charge in [0, 0.05) is 10.5 Å². The molecule has 0 fully saturated rings. The van der Waals surface area contributed by atoms with Gasteiger partial charge in [-0.2, -0.15) is 0 Å². The molecule has 1 aromatic heterocycles. The molecule has 0 aliphatic heterocycles. The van der Waals surface area contributed by atoms with Gasteiger partial charge in [0.2, 0.25) is 0 Å². The molecular weight excluding hydrogens is 252 g/mol. The number of rotatable bonds is 3. The number of hydrogen-bond acceptors (Lipinski definition) is 2. The van der Waals surface area contributed by atoms with Gasteiger partial charge in [0.25, 0.3) is 0 Å². The Morgan fingerprint density at radius 2 is 1.84 bits per heavy atom. The summed E-state index contributed by atoms with van der Waals surface area (Å²) in [7, 11) is 0. The third-order valence-electron chi connectivity index (χ3n) is 2.82. The first-order valence-corrected chi connectivity index (χ1v) is 6.98. The first kappa shape index (κ1) is 12.1. The molecule has 2 aromatic carbocycles. The summed E-state index contributed by atoms with van der Waals surface area (Å²) in [5, 5.41) is 1.06. The van der Waals surface area contributed by atoms with Crippen molar-refractivity contribution >= 4 is 11.8 Å². The minimum Gasteiger partial charge on any atom is -0.333 e. The van der Waals surface area contributed by atoms with Gasteiger partial charge in [0.05, 0.1) is 11.2 Å². The highest BCUT2D eigenvalue weighted by Gasteiger charge is 2.04. The van der Waals surface area contributed by atoms with E-state index in [-0.39, 0.29) is 0 Å². The maximum Gasteiger partial charge on any atom is 0.138 e. The molecule has 94 valence electrons. The van der Waals surface area contributed by atoms with Gasteiger partial charge in [-0.3, -0.25) is 0 Å². The average Bonchev–Trinajstić information content (AvgIpc) is 2.88. The number of H-pyrrole nitrogens is 1. The van der Waals surface area contributed by atoms with Crippen LogP contribution in [0.1, 0.15) is 5.56 Å². The molecule has 3 rings (SSSR count). The monoisotopic (exact) mass is 266 g/mol. The summed E-state index contributed by atoms with van der Waals surface area (Å²) >= 11 is 1.69. The van der Waals surface area contributed by atoms with Crippen LogP contribution in [0.5, 0.6) is 0 Å². The van der Waals surface area contributed by atoms with E-state index >= 15 is 0 Å². The predicted octanol–water partition coefficient (Wildman–Crippen LogP) is 4.54. The lowest BCUT2D eigenvalue weighted by Gasteiger charge is -1.99. The van der Waals surface area contributed by atoms with Gasteiger partial charge in [-0.1, -0.05) is 53.7 Å². The number of imidazole rings is 1. The van der Waals surface area contributed by atoms with Gasteiger partial charge >= 0.3 is 0 Å². The molecule has 0 saturated carbocycles. The molecule has 0 saturated heterocycles. The fourth-order valence-electron chi connectivity index (χ4n) is 1.91. The lowest BCUT2D eigenvalue weighted by molar-refractivity contribution is 1.20. The summed E-state index contributed by atoms with van der Waals surface area (Å²) in [6.07, 6.45) is 1.88. The number of nitrogens with one attached hydrogen (secondary N) is 1. The van der Waals surface area contributed by atoms with E-state index in [2.05, 4.69) is 53.3 Å². The molecule has 0 spiro atoms. The Morgan fingerprint density at radius 3 is 2.63 bits per heavy atom. The van der Waals surface area contributed by atoms with Crippen LogP contribution in [0.3, 0.4) is 0 Å². The van der Waals surface area contributed by atoms with Crippen LogP contribution >= 0.6 is 11.8 Å². The zero-order valence-electron chi connectivity index (χ0n) is 10.6. The number of aromatic nitrogens is 2. The van der Waals surface area contributed by atoms with E-state index in [1.165, 1.54) is 10.5 Å². The van der Waals surface area contributed by atoms with Crippen LogP contribution in [0.15, 0.2) is 70.7 Å². The second-order valence-corrected chi connectivity index (χ2v) is 5.50. The second kappa shape index (κ2) is 5.33. The van der Waals surface area contributed by atoms with Crippen molar-refractivity contribution in [3.05, 3.63) is 66.4 Å². The summed E-state index contributed by atoms with van der Waals surface area (Å²) in [6, 6.07) is 18.6. The van der Waals surface area contributed by atoms with Gasteiger partial charge in [-0.15, -0.1) is 0 Å². The van der Waals surface area contributed by atoms with Crippen molar-refractivity contribution < 1.29 is 0 Å². The van der Waals surface area contributed by atoms with E-state index in [9.17, 15) is 0 Å². The highest BCUT2D eigenvalue weighted by Crippen LogP contribution is 2.27. The van der Waals surface area contributed by atoms with Crippen LogP contribution in [-0.2, 0) is 0 Å². The van der Waals surface area contributed by atoms with Crippen molar-refractivity contribution in [2.24, 2.45) is 0 Å². The molecule has 2 nitrogen and oxygen atoms in total. The fraction of sp³-hybridized carbons (Fsp3) is 0.0625. The van der Waals surface area contributed by atoms with Crippen molar-refractivity contribution in [3.63, 3.8) is 0 Å². The molecule has 0 aliphatic carbocycles. The van der Waals surface area contributed by atoms with E-state index in [1.807, 2.05) is 24.4 Å². The largest absolute Gasteiger partial charge is 0.333 e. The van der Waals surface area contributed by atoms with Crippen LogP contribution < -0.4 is 0 Å². The minimum absolute atomic E-state index is 0.919. The van der Waals surface area contributed by atoms with Gasteiger partial charge in [0.1, 0.15) is 5.82 Å². The number of benzene rings is 2. The van der Waals surface area contributed by atoms with E-state index < -0.39 is 0 Å². The molecule has 19 heavy (non-hydrogen) atoms. The number of aromatic amines is 1. The lowest BCUT2D eigenvalue weighted by Crippen LogP contribution is -1.81. The zero-order valence-corrected chi connectivity index (χ0v) is 11.4. The Morgan fingerprint density at radius 1 is 1.00 bits per heavy atom. The summed E-state index contributed by atoms with van der Waals surface area (Å²) in [6.45, 7) is 2.09. The van der Waals surface area contributed by atoms with E-state index in [0.29, 0.717) is 0 Å². The Hall–Kier alpha value is -2.00. The molecule has 0 aliphatic rings. The van der Waals surface area contributed by atoms with E-state index in [0.717, 1.165) is 16.4 Å². The van der Waals surface area contributed by atoms with Crippen molar-refractivity contribution in [1.29, 1.82) is 0 Å². The minimum atomic E-state index is 0.919. The Bertz CT molecular complexity index is 674. The third kappa shape index (κ3) is 2.88. The lowest BCUT2D eigenvalue weighted by atomic mass is 10.1. The zero-order chi connectivity index (χ0) is 13.1. The summed E-state index contributed by atoms with van der Waals surface area (Å²) in [5.74, 6) is 0.919. The van der Waals surface area contributed by atoms with Crippen LogP contribution in [0.25, 0.3) is 11.4 Å². The maximum absolute atomic E-state index is 4.45. The second-order valence-electron chi connectivity index (χ2n) is 4.38. The third-order valence-corrected chi connectivity index (χ3v) is 3.75. The highest BCUT2D eigenvalue weighted by atomic mass is 32.2. The molecule has 0 unspecified atom stereocenters. The van der Waals surface area contributed by atoms with Crippen LogP contribution in [0.2, 0.25) is 0 Å². The van der Waals surface area contributed by atoms with Gasteiger partial charge in [-0.25, -0.2) is 4.98 Å². The number of nitrogens with zero attached hydrogens (tertiary/aromatic N) is 1. The van der Waals surface area contributed by atoms with Crippen molar-refractivity contribution in [2.45, 2.75) is 16.8 Å². The molecule has 3 aromatic rings. The Kier molecular flexibility index (Phi) is 3.38. The van der Waals surface area contributed by atoms with Crippen LogP contribution in [0, 0.1) is 6.92 Å². The van der Waals surface area contributed by atoms with E-state index in [1.54, 1.807) is 11.8 Å². The van der Waals surface area contributed by atoms with Crippen LogP contribution in [0.4, 0.5) is 0 Å². The molecule has 3 heteroatoms. The number of aryl methyl sites for hydroxylation is 1. The standard InChI is InChI=1S/C16H14N2S/c1-12-6-5-7-13(10-12)16-17-11-15(18-16)19-14-8-3-2-4-9-14/h2-11H,1H3,(H,17,18). The smallest absolute Gasteiger partial charge is 0.138 e. The SMILES string of the molecule is Cc1cccc(-c2ncc(Sc3ccccc3)[nH]2)c1. The topological polar surface area (TPSA) is 28.7 Å². The van der Waals surface area contributed by atoms with E-state index in [4.69, 9.17) is 0 Å². The summed E-state index contributed by atoms with van der Waals surface area (Å²) in [5.41, 5.74) is 2.37. The highest BCUT2D eigenvalue weighted by molar-refractivity contribution is 7.99. The first-order valence-electron chi connectivity index (χ1n) is 6.16. The molecule has 1 heterocycles. The summed E-state index contributed by atoms with van der Waals surface area (Å²) in [4.78, 5) is 9.01. The Labute approximate surface area is 116 Å². The summed E-state index contributed by atoms with van der Waals surface area (Å²) < 4.78 is 0. The quantitative estimate of drug-likeness (QED) is 0.754. The molecule has 0 radical (unpaired) electrons. The molecule has 0 amide bonds. The number of hydrogen-bond donors (Lipinski definition) is 1. The Balaban J connectivity index is 1.84. The first-order chi connectivity index (χ1) is 9.31. The van der Waals surface area contributed by atoms with Gasteiger partial charge in [0.15, 0.2) is 0 Å². The van der Waals surface area contributed by atoms with Gasteiger partial charge in [-0.05, 0) is 25.1 Å². The van der Waals surface area contributed by atoms with Crippen LogP contribution in [-0.4, -0.2) is 9.97 Å². The molecular formula is C16H14N2S. The predicted molar refractivity (Wildman–Crippen MR) is 79.3 cm³/mol. The molecule has 0 atom stereocenters. The van der Waals surface area contributed by atoms with Crippen molar-refractivity contribution in [1.82, 2.24) is 9.97 Å². The molecule has 0 bridgehead atoms. The fourth-order valence-corrected chi connectivity index (χ4v) is 2.71. The van der Waals surface area contributed by atoms with Crippen molar-refractivity contribution in [2.75, 3.05) is 0 Å². The van der Waals surface area contributed by atoms with Gasteiger partial charge < -0.3 is 4.98 Å². The average molecular weight is 266 g/mol. The normalized spacial score (nSPS) is 10.6. The van der Waals surface area contributed by atoms with Crippen molar-refractivity contribution in [3.8, 4) is 11.4 Å². The molecule has 1 N–H and O–H groups in total.